The van der Waals surface area contributed by atoms with Crippen LogP contribution in [-0.4, -0.2) is 18.7 Å². The lowest BCUT2D eigenvalue weighted by molar-refractivity contribution is 0.186. The predicted octanol–water partition coefficient (Wildman–Crippen LogP) is 5.16. The number of hydrogen-bond acceptors (Lipinski definition) is 3. The van der Waals surface area contributed by atoms with E-state index in [0.29, 0.717) is 5.92 Å². The van der Waals surface area contributed by atoms with Gasteiger partial charge >= 0.3 is 0 Å². The molecule has 120 valence electrons. The number of nitrogens with zero attached hydrogens (tertiary/aromatic N) is 1. The van der Waals surface area contributed by atoms with Crippen LogP contribution in [0.25, 0.3) is 11.1 Å². The molecule has 0 saturated heterocycles. The average Bonchev–Trinajstić information content (AvgIpc) is 3.19. The molecule has 4 rings (SSSR count). The number of aromatic nitrogens is 1. The van der Waals surface area contributed by atoms with E-state index < -0.39 is 0 Å². The van der Waals surface area contributed by atoms with Crippen LogP contribution < -0.4 is 0 Å². The number of ether oxygens (including phenoxy) is 1. The Morgan fingerprint density at radius 1 is 1.18 bits per heavy atom. The second kappa shape index (κ2) is 7.28. The van der Waals surface area contributed by atoms with E-state index in [-0.39, 0.29) is 0 Å². The SMILES string of the molecule is CCCC1CC(c2nc3ccccc3o2)C1.COCC1CC1. The number of fused-ring (bicyclic) bond motifs is 1. The molecule has 0 amide bonds. The first kappa shape index (κ1) is 15.5. The lowest BCUT2D eigenvalue weighted by Gasteiger charge is -2.32. The van der Waals surface area contributed by atoms with E-state index in [4.69, 9.17) is 9.15 Å². The highest BCUT2D eigenvalue weighted by atomic mass is 16.5. The minimum absolute atomic E-state index is 0.573. The zero-order chi connectivity index (χ0) is 15.4. The van der Waals surface area contributed by atoms with Crippen LogP contribution in [0.2, 0.25) is 0 Å². The Balaban J connectivity index is 0.000000202. The van der Waals surface area contributed by atoms with Gasteiger partial charge in [-0.25, -0.2) is 4.98 Å². The standard InChI is InChI=1S/C14H17NO.C5H10O/c1-2-5-10-8-11(9-10)14-15-12-6-3-4-7-13(12)16-14;1-6-4-5-2-3-5/h3-4,6-7,10-11H,2,5,8-9H2,1H3;5H,2-4H2,1H3. The molecule has 0 unspecified atom stereocenters. The van der Waals surface area contributed by atoms with Gasteiger partial charge in [0.1, 0.15) is 5.52 Å². The molecule has 2 aliphatic rings. The van der Waals surface area contributed by atoms with Crippen molar-refractivity contribution in [2.45, 2.75) is 51.4 Å². The van der Waals surface area contributed by atoms with E-state index >= 15 is 0 Å². The molecule has 2 aliphatic carbocycles. The predicted molar refractivity (Wildman–Crippen MR) is 89.0 cm³/mol. The summed E-state index contributed by atoms with van der Waals surface area (Å²) >= 11 is 0. The zero-order valence-electron chi connectivity index (χ0n) is 13.8. The van der Waals surface area contributed by atoms with Gasteiger partial charge in [-0.15, -0.1) is 0 Å². The summed E-state index contributed by atoms with van der Waals surface area (Å²) in [6, 6.07) is 8.02. The summed E-state index contributed by atoms with van der Waals surface area (Å²) in [6.45, 7) is 3.24. The molecule has 0 atom stereocenters. The summed E-state index contributed by atoms with van der Waals surface area (Å²) in [5.41, 5.74) is 1.92. The molecule has 1 aromatic carbocycles. The van der Waals surface area contributed by atoms with Crippen molar-refractivity contribution < 1.29 is 9.15 Å². The number of hydrogen-bond donors (Lipinski definition) is 0. The normalized spacial score (nSPS) is 23.7. The third-order valence-electron chi connectivity index (χ3n) is 4.69. The van der Waals surface area contributed by atoms with Gasteiger partial charge in [-0.3, -0.25) is 0 Å². The largest absolute Gasteiger partial charge is 0.440 e. The quantitative estimate of drug-likeness (QED) is 0.764. The Bertz CT molecular complexity index is 549. The Hall–Kier alpha value is -1.35. The van der Waals surface area contributed by atoms with Crippen molar-refractivity contribution in [3.8, 4) is 0 Å². The van der Waals surface area contributed by atoms with E-state index in [1.54, 1.807) is 7.11 Å². The van der Waals surface area contributed by atoms with Crippen LogP contribution in [0.3, 0.4) is 0 Å². The van der Waals surface area contributed by atoms with Crippen LogP contribution in [0, 0.1) is 11.8 Å². The minimum atomic E-state index is 0.573. The topological polar surface area (TPSA) is 35.3 Å². The molecule has 1 heterocycles. The van der Waals surface area contributed by atoms with Gasteiger partial charge in [0.2, 0.25) is 0 Å². The fraction of sp³-hybridized carbons (Fsp3) is 0.632. The fourth-order valence-corrected chi connectivity index (χ4v) is 3.17. The minimum Gasteiger partial charge on any atom is -0.440 e. The monoisotopic (exact) mass is 301 g/mol. The average molecular weight is 301 g/mol. The maximum atomic E-state index is 5.79. The highest BCUT2D eigenvalue weighted by Crippen LogP contribution is 2.43. The molecule has 0 N–H and O–H groups in total. The van der Waals surface area contributed by atoms with E-state index in [1.807, 2.05) is 24.3 Å². The second-order valence-corrected chi connectivity index (χ2v) is 6.74. The number of oxazole rings is 1. The molecule has 2 fully saturated rings. The fourth-order valence-electron chi connectivity index (χ4n) is 3.17. The number of para-hydroxylation sites is 2. The van der Waals surface area contributed by atoms with Gasteiger partial charge in [-0.05, 0) is 49.7 Å². The summed E-state index contributed by atoms with van der Waals surface area (Å²) in [6.07, 6.45) is 7.98. The van der Waals surface area contributed by atoms with E-state index in [9.17, 15) is 0 Å². The Morgan fingerprint density at radius 3 is 2.55 bits per heavy atom. The summed E-state index contributed by atoms with van der Waals surface area (Å²) in [5, 5.41) is 0. The maximum Gasteiger partial charge on any atom is 0.198 e. The zero-order valence-corrected chi connectivity index (χ0v) is 13.8. The lowest BCUT2D eigenvalue weighted by Crippen LogP contribution is -2.21. The Morgan fingerprint density at radius 2 is 1.95 bits per heavy atom. The van der Waals surface area contributed by atoms with Crippen LogP contribution in [0.4, 0.5) is 0 Å². The summed E-state index contributed by atoms with van der Waals surface area (Å²) < 4.78 is 10.7. The van der Waals surface area contributed by atoms with Gasteiger partial charge in [-0.2, -0.15) is 0 Å². The van der Waals surface area contributed by atoms with Crippen LogP contribution in [0.5, 0.6) is 0 Å². The van der Waals surface area contributed by atoms with Crippen LogP contribution in [0.15, 0.2) is 28.7 Å². The first-order valence-electron chi connectivity index (χ1n) is 8.64. The molecule has 0 bridgehead atoms. The Labute approximate surface area is 133 Å². The highest BCUT2D eigenvalue weighted by Gasteiger charge is 2.32. The maximum absolute atomic E-state index is 5.79. The summed E-state index contributed by atoms with van der Waals surface area (Å²) in [5.74, 6) is 3.36. The van der Waals surface area contributed by atoms with Crippen molar-refractivity contribution in [1.82, 2.24) is 4.98 Å². The number of benzene rings is 1. The van der Waals surface area contributed by atoms with E-state index in [0.717, 1.165) is 35.4 Å². The van der Waals surface area contributed by atoms with Crippen molar-refractivity contribution in [3.05, 3.63) is 30.2 Å². The van der Waals surface area contributed by atoms with Crippen molar-refractivity contribution in [2.75, 3.05) is 13.7 Å². The molecule has 2 aromatic rings. The molecule has 0 aliphatic heterocycles. The van der Waals surface area contributed by atoms with Gasteiger partial charge < -0.3 is 9.15 Å². The van der Waals surface area contributed by atoms with Gasteiger partial charge in [0.25, 0.3) is 0 Å². The molecule has 2 saturated carbocycles. The van der Waals surface area contributed by atoms with Crippen LogP contribution >= 0.6 is 0 Å². The molecular weight excluding hydrogens is 274 g/mol. The molecule has 0 radical (unpaired) electrons. The van der Waals surface area contributed by atoms with E-state index in [2.05, 4.69) is 11.9 Å². The van der Waals surface area contributed by atoms with Gasteiger partial charge in [0.05, 0.1) is 0 Å². The van der Waals surface area contributed by atoms with Crippen molar-refractivity contribution in [1.29, 1.82) is 0 Å². The summed E-state index contributed by atoms with van der Waals surface area (Å²) in [7, 11) is 1.76. The smallest absolute Gasteiger partial charge is 0.198 e. The molecule has 3 heteroatoms. The Kier molecular flexibility index (Phi) is 5.14. The van der Waals surface area contributed by atoms with Gasteiger partial charge in [0.15, 0.2) is 11.5 Å². The first-order valence-corrected chi connectivity index (χ1v) is 8.64. The third-order valence-corrected chi connectivity index (χ3v) is 4.69. The van der Waals surface area contributed by atoms with Gasteiger partial charge in [0, 0.05) is 19.6 Å². The summed E-state index contributed by atoms with van der Waals surface area (Å²) in [4.78, 5) is 4.56. The van der Waals surface area contributed by atoms with Gasteiger partial charge in [-0.1, -0.05) is 31.9 Å². The van der Waals surface area contributed by atoms with Crippen LogP contribution in [0.1, 0.15) is 57.3 Å². The molecule has 1 aromatic heterocycles. The highest BCUT2D eigenvalue weighted by molar-refractivity contribution is 5.72. The molecular formula is C19H27NO2. The lowest BCUT2D eigenvalue weighted by atomic mass is 9.73. The molecule has 22 heavy (non-hydrogen) atoms. The molecule has 0 spiro atoms. The first-order chi connectivity index (χ1) is 10.8. The number of rotatable bonds is 5. The van der Waals surface area contributed by atoms with Crippen molar-refractivity contribution in [3.63, 3.8) is 0 Å². The second-order valence-electron chi connectivity index (χ2n) is 6.74. The number of methoxy groups -OCH3 is 1. The third kappa shape index (κ3) is 3.89. The van der Waals surface area contributed by atoms with Crippen LogP contribution in [-0.2, 0) is 4.74 Å². The molecule has 3 nitrogen and oxygen atoms in total. The van der Waals surface area contributed by atoms with Crippen molar-refractivity contribution in [2.24, 2.45) is 11.8 Å². The van der Waals surface area contributed by atoms with E-state index in [1.165, 1.54) is 38.5 Å². The van der Waals surface area contributed by atoms with Crippen molar-refractivity contribution >= 4 is 11.1 Å².